The second-order valence-electron chi connectivity index (χ2n) is 6.30. The maximum atomic E-state index is 6.14. The molecule has 0 fully saturated rings. The van der Waals surface area contributed by atoms with E-state index in [1.165, 1.54) is 16.9 Å². The van der Waals surface area contributed by atoms with Crippen LogP contribution in [0.1, 0.15) is 31.9 Å². The molecule has 0 saturated heterocycles. The summed E-state index contributed by atoms with van der Waals surface area (Å²) in [5.74, 6) is 0. The molecule has 4 heteroatoms. The van der Waals surface area contributed by atoms with Crippen molar-refractivity contribution in [3.63, 3.8) is 0 Å². The Balaban J connectivity index is 1.72. The Labute approximate surface area is 139 Å². The Morgan fingerprint density at radius 2 is 1.82 bits per heavy atom. The van der Waals surface area contributed by atoms with Gasteiger partial charge in [-0.1, -0.05) is 74.0 Å². The highest BCUT2D eigenvalue weighted by Gasteiger charge is 2.13. The zero-order valence-electron chi connectivity index (χ0n) is 12.9. The van der Waals surface area contributed by atoms with Crippen molar-refractivity contribution < 1.29 is 4.74 Å². The van der Waals surface area contributed by atoms with Crippen LogP contribution in [0.5, 0.6) is 5.19 Å². The lowest BCUT2D eigenvalue weighted by Gasteiger charge is -2.19. The highest BCUT2D eigenvalue weighted by molar-refractivity contribution is 7.20. The van der Waals surface area contributed by atoms with Crippen molar-refractivity contribution in [1.29, 1.82) is 0 Å². The first-order valence-electron chi connectivity index (χ1n) is 7.21. The van der Waals surface area contributed by atoms with E-state index in [1.807, 2.05) is 18.2 Å². The summed E-state index contributed by atoms with van der Waals surface area (Å²) in [5, 5.41) is 1.32. The first-order valence-corrected chi connectivity index (χ1v) is 8.40. The molecule has 1 aromatic heterocycles. The van der Waals surface area contributed by atoms with Gasteiger partial charge in [0.1, 0.15) is 12.1 Å². The molecule has 2 aromatic carbocycles. The lowest BCUT2D eigenvalue weighted by molar-refractivity contribution is 0.305. The molecule has 0 radical (unpaired) electrons. The quantitative estimate of drug-likeness (QED) is 0.602. The van der Waals surface area contributed by atoms with Gasteiger partial charge >= 0.3 is 0 Å². The van der Waals surface area contributed by atoms with Gasteiger partial charge in [-0.2, -0.15) is 0 Å². The minimum atomic E-state index is 0.170. The molecule has 0 amide bonds. The number of hydrogen-bond acceptors (Lipinski definition) is 3. The van der Waals surface area contributed by atoms with Crippen LogP contribution in [-0.4, -0.2) is 4.98 Å². The van der Waals surface area contributed by atoms with E-state index in [2.05, 4.69) is 50.0 Å². The van der Waals surface area contributed by atoms with Crippen LogP contribution >= 0.6 is 22.9 Å². The fraction of sp³-hybridized carbons (Fsp3) is 0.278. The van der Waals surface area contributed by atoms with E-state index in [1.54, 1.807) is 0 Å². The number of nitrogens with zero attached hydrogens (tertiary/aromatic N) is 1. The Morgan fingerprint density at radius 3 is 2.45 bits per heavy atom. The number of halogens is 1. The van der Waals surface area contributed by atoms with Crippen LogP contribution in [0.25, 0.3) is 10.2 Å². The third-order valence-corrected chi connectivity index (χ3v) is 4.77. The molecule has 3 aromatic rings. The molecule has 1 heterocycles. The number of hydrogen-bond donors (Lipinski definition) is 0. The van der Waals surface area contributed by atoms with E-state index in [-0.39, 0.29) is 5.41 Å². The Morgan fingerprint density at radius 1 is 1.09 bits per heavy atom. The Hall–Kier alpha value is -1.58. The first kappa shape index (κ1) is 15.3. The Bertz CT molecular complexity index is 787. The van der Waals surface area contributed by atoms with Crippen molar-refractivity contribution in [2.45, 2.75) is 32.8 Å². The van der Waals surface area contributed by atoms with E-state index in [4.69, 9.17) is 16.3 Å². The number of fused-ring (bicyclic) bond motifs is 1. The summed E-state index contributed by atoms with van der Waals surface area (Å²) in [6, 6.07) is 14.3. The van der Waals surface area contributed by atoms with Gasteiger partial charge in [-0.25, -0.2) is 4.98 Å². The standard InChI is InChI=1S/C18H18ClNOS/c1-18(2,3)13-9-7-12(8-10-13)11-21-17-20-16-14(19)5-4-6-15(16)22-17/h4-10H,11H2,1-3H3. The molecule has 2 nitrogen and oxygen atoms in total. The predicted octanol–water partition coefficient (Wildman–Crippen LogP) is 5.83. The van der Waals surface area contributed by atoms with Crippen LogP contribution in [0.4, 0.5) is 0 Å². The molecule has 0 N–H and O–H groups in total. The SMILES string of the molecule is CC(C)(C)c1ccc(COc2nc3c(Cl)cccc3s2)cc1. The van der Waals surface area contributed by atoms with Crippen LogP contribution in [0, 0.1) is 0 Å². The van der Waals surface area contributed by atoms with E-state index < -0.39 is 0 Å². The van der Waals surface area contributed by atoms with Crippen LogP contribution in [0.3, 0.4) is 0 Å². The van der Waals surface area contributed by atoms with Crippen molar-refractivity contribution in [3.8, 4) is 5.19 Å². The fourth-order valence-corrected chi connectivity index (χ4v) is 3.32. The smallest absolute Gasteiger partial charge is 0.274 e. The molecular formula is C18H18ClNOS. The average Bonchev–Trinajstić information content (AvgIpc) is 2.89. The molecule has 0 bridgehead atoms. The molecule has 0 aliphatic heterocycles. The molecule has 0 saturated carbocycles. The third kappa shape index (κ3) is 3.26. The largest absolute Gasteiger partial charge is 0.465 e. The fourth-order valence-electron chi connectivity index (χ4n) is 2.20. The van der Waals surface area contributed by atoms with E-state index in [9.17, 15) is 0 Å². The van der Waals surface area contributed by atoms with Crippen LogP contribution < -0.4 is 4.74 Å². The van der Waals surface area contributed by atoms with Crippen molar-refractivity contribution >= 4 is 33.2 Å². The third-order valence-electron chi connectivity index (χ3n) is 3.53. The van der Waals surface area contributed by atoms with Gasteiger partial charge in [-0.05, 0) is 28.7 Å². The van der Waals surface area contributed by atoms with Crippen molar-refractivity contribution in [2.75, 3.05) is 0 Å². The second kappa shape index (κ2) is 5.90. The van der Waals surface area contributed by atoms with E-state index in [0.29, 0.717) is 16.8 Å². The number of aromatic nitrogens is 1. The molecule has 22 heavy (non-hydrogen) atoms. The molecule has 0 atom stereocenters. The summed E-state index contributed by atoms with van der Waals surface area (Å²) in [6.07, 6.45) is 0. The molecule has 3 rings (SSSR count). The number of para-hydroxylation sites is 1. The molecule has 114 valence electrons. The molecular weight excluding hydrogens is 314 g/mol. The summed E-state index contributed by atoms with van der Waals surface area (Å²) in [4.78, 5) is 4.45. The minimum absolute atomic E-state index is 0.170. The van der Waals surface area contributed by atoms with Gasteiger partial charge in [0.25, 0.3) is 5.19 Å². The highest BCUT2D eigenvalue weighted by atomic mass is 35.5. The van der Waals surface area contributed by atoms with Gasteiger partial charge in [0.05, 0.1) is 9.72 Å². The molecule has 0 aliphatic rings. The maximum Gasteiger partial charge on any atom is 0.274 e. The predicted molar refractivity (Wildman–Crippen MR) is 94.1 cm³/mol. The maximum absolute atomic E-state index is 6.14. The monoisotopic (exact) mass is 331 g/mol. The van der Waals surface area contributed by atoms with E-state index >= 15 is 0 Å². The lowest BCUT2D eigenvalue weighted by atomic mass is 9.87. The van der Waals surface area contributed by atoms with Crippen LogP contribution in [-0.2, 0) is 12.0 Å². The van der Waals surface area contributed by atoms with Crippen LogP contribution in [0.15, 0.2) is 42.5 Å². The van der Waals surface area contributed by atoms with Crippen molar-refractivity contribution in [2.24, 2.45) is 0 Å². The van der Waals surface area contributed by atoms with Crippen molar-refractivity contribution in [1.82, 2.24) is 4.98 Å². The molecule has 0 unspecified atom stereocenters. The second-order valence-corrected chi connectivity index (χ2v) is 7.70. The number of thiazole rings is 1. The summed E-state index contributed by atoms with van der Waals surface area (Å²) in [7, 11) is 0. The van der Waals surface area contributed by atoms with Gasteiger partial charge in [0.2, 0.25) is 0 Å². The number of rotatable bonds is 3. The van der Waals surface area contributed by atoms with Gasteiger partial charge in [0.15, 0.2) is 0 Å². The zero-order valence-corrected chi connectivity index (χ0v) is 14.5. The summed E-state index contributed by atoms with van der Waals surface area (Å²) < 4.78 is 6.85. The number of benzene rings is 2. The van der Waals surface area contributed by atoms with Gasteiger partial charge in [-0.15, -0.1) is 0 Å². The Kier molecular flexibility index (Phi) is 4.11. The summed E-state index contributed by atoms with van der Waals surface area (Å²) in [5.41, 5.74) is 3.44. The van der Waals surface area contributed by atoms with E-state index in [0.717, 1.165) is 15.8 Å². The topological polar surface area (TPSA) is 22.1 Å². The zero-order chi connectivity index (χ0) is 15.7. The summed E-state index contributed by atoms with van der Waals surface area (Å²) >= 11 is 7.66. The number of ether oxygens (including phenoxy) is 1. The van der Waals surface area contributed by atoms with Crippen LogP contribution in [0.2, 0.25) is 5.02 Å². The van der Waals surface area contributed by atoms with Gasteiger partial charge in [-0.3, -0.25) is 0 Å². The lowest BCUT2D eigenvalue weighted by Crippen LogP contribution is -2.10. The molecule has 0 spiro atoms. The minimum Gasteiger partial charge on any atom is -0.465 e. The first-order chi connectivity index (χ1) is 10.4. The normalized spacial score (nSPS) is 11.8. The summed E-state index contributed by atoms with van der Waals surface area (Å²) in [6.45, 7) is 7.15. The highest BCUT2D eigenvalue weighted by Crippen LogP contribution is 2.32. The van der Waals surface area contributed by atoms with Gasteiger partial charge < -0.3 is 4.74 Å². The molecule has 0 aliphatic carbocycles. The van der Waals surface area contributed by atoms with Gasteiger partial charge in [0, 0.05) is 0 Å². The average molecular weight is 332 g/mol. The van der Waals surface area contributed by atoms with Crippen molar-refractivity contribution in [3.05, 3.63) is 58.6 Å².